The molecule has 2 aromatic rings. The van der Waals surface area contributed by atoms with Gasteiger partial charge in [-0.1, -0.05) is 42.2 Å². The standard InChI is InChI=1S/C26H26N2O3/c29-17-23-26(21-12-10-19(11-13-21)7-6-18-4-2-1-3-5-18)22-15-27(16-25(31)28(22)23)24(30)14-20-8-9-20/h1-5,10-13,20,22-23,26,29H,8-9,14-17H2/t22-,23+,26-/m0/s1. The lowest BCUT2D eigenvalue weighted by Crippen LogP contribution is -2.73. The average molecular weight is 415 g/mol. The SMILES string of the molecule is O=C(CC1CC1)N1CC(=O)N2[C@H](CO)[C@@H](c3ccc(C#Cc4ccccc4)cc3)[C@@H]2C1. The van der Waals surface area contributed by atoms with Crippen molar-refractivity contribution in [1.82, 2.24) is 9.80 Å². The van der Waals surface area contributed by atoms with Crippen LogP contribution in [-0.2, 0) is 9.59 Å². The van der Waals surface area contributed by atoms with Crippen molar-refractivity contribution < 1.29 is 14.7 Å². The Balaban J connectivity index is 1.32. The van der Waals surface area contributed by atoms with Crippen molar-refractivity contribution in [3.8, 4) is 11.8 Å². The number of piperazine rings is 1. The molecule has 5 nitrogen and oxygen atoms in total. The lowest BCUT2D eigenvalue weighted by molar-refractivity contribution is -0.167. The highest BCUT2D eigenvalue weighted by molar-refractivity contribution is 5.88. The summed E-state index contributed by atoms with van der Waals surface area (Å²) in [4.78, 5) is 28.8. The van der Waals surface area contributed by atoms with Crippen molar-refractivity contribution in [2.24, 2.45) is 5.92 Å². The van der Waals surface area contributed by atoms with E-state index in [2.05, 4.69) is 11.8 Å². The van der Waals surface area contributed by atoms with Gasteiger partial charge in [0, 0.05) is 30.0 Å². The summed E-state index contributed by atoms with van der Waals surface area (Å²) in [7, 11) is 0. The van der Waals surface area contributed by atoms with Gasteiger partial charge in [0.05, 0.1) is 25.2 Å². The molecule has 2 aromatic carbocycles. The smallest absolute Gasteiger partial charge is 0.242 e. The van der Waals surface area contributed by atoms with E-state index in [0.717, 1.165) is 29.5 Å². The van der Waals surface area contributed by atoms with E-state index in [0.29, 0.717) is 18.9 Å². The van der Waals surface area contributed by atoms with Crippen molar-refractivity contribution in [1.29, 1.82) is 0 Å². The quantitative estimate of drug-likeness (QED) is 0.782. The third-order valence-corrected chi connectivity index (χ3v) is 6.69. The Hall–Kier alpha value is -3.10. The van der Waals surface area contributed by atoms with E-state index in [-0.39, 0.29) is 43.0 Å². The molecule has 0 bridgehead atoms. The molecule has 2 heterocycles. The fraction of sp³-hybridized carbons (Fsp3) is 0.385. The lowest BCUT2D eigenvalue weighted by atomic mass is 9.73. The minimum absolute atomic E-state index is 0.0293. The second-order valence-corrected chi connectivity index (χ2v) is 8.80. The molecule has 31 heavy (non-hydrogen) atoms. The van der Waals surface area contributed by atoms with Gasteiger partial charge in [-0.2, -0.15) is 0 Å². The summed E-state index contributed by atoms with van der Waals surface area (Å²) in [6, 6.07) is 17.6. The van der Waals surface area contributed by atoms with E-state index in [1.165, 1.54) is 0 Å². The number of aliphatic hydroxyl groups is 1. The van der Waals surface area contributed by atoms with Gasteiger partial charge in [-0.25, -0.2) is 0 Å². The van der Waals surface area contributed by atoms with Gasteiger partial charge in [-0.15, -0.1) is 0 Å². The Morgan fingerprint density at radius 3 is 2.32 bits per heavy atom. The first-order valence-corrected chi connectivity index (χ1v) is 11.0. The van der Waals surface area contributed by atoms with Crippen LogP contribution in [0.15, 0.2) is 54.6 Å². The minimum atomic E-state index is -0.223. The number of rotatable bonds is 4. The Bertz CT molecular complexity index is 1030. The molecule has 0 radical (unpaired) electrons. The van der Waals surface area contributed by atoms with Gasteiger partial charge in [-0.05, 0) is 48.6 Å². The van der Waals surface area contributed by atoms with Crippen LogP contribution in [0.2, 0.25) is 0 Å². The molecule has 0 unspecified atom stereocenters. The molecular weight excluding hydrogens is 388 g/mol. The van der Waals surface area contributed by atoms with Crippen LogP contribution in [0.4, 0.5) is 0 Å². The number of hydrogen-bond donors (Lipinski definition) is 1. The summed E-state index contributed by atoms with van der Waals surface area (Å²) in [6.45, 7) is 0.617. The fourth-order valence-electron chi connectivity index (χ4n) is 4.84. The molecule has 1 N–H and O–H groups in total. The van der Waals surface area contributed by atoms with E-state index in [4.69, 9.17) is 0 Å². The third kappa shape index (κ3) is 3.96. The molecule has 5 heteroatoms. The molecule has 3 atom stereocenters. The predicted molar refractivity (Wildman–Crippen MR) is 117 cm³/mol. The largest absolute Gasteiger partial charge is 0.394 e. The highest BCUT2D eigenvalue weighted by Gasteiger charge is 2.54. The van der Waals surface area contributed by atoms with Gasteiger partial charge in [-0.3, -0.25) is 9.59 Å². The van der Waals surface area contributed by atoms with E-state index < -0.39 is 0 Å². The van der Waals surface area contributed by atoms with Crippen molar-refractivity contribution in [3.05, 3.63) is 71.3 Å². The second-order valence-electron chi connectivity index (χ2n) is 8.80. The van der Waals surface area contributed by atoms with Gasteiger partial charge in [0.15, 0.2) is 0 Å². The average Bonchev–Trinajstić information content (AvgIpc) is 3.59. The molecule has 2 aliphatic heterocycles. The Morgan fingerprint density at radius 2 is 1.68 bits per heavy atom. The molecule has 3 aliphatic rings. The van der Waals surface area contributed by atoms with Gasteiger partial charge in [0.1, 0.15) is 0 Å². The van der Waals surface area contributed by atoms with Crippen LogP contribution >= 0.6 is 0 Å². The summed E-state index contributed by atoms with van der Waals surface area (Å²) < 4.78 is 0. The van der Waals surface area contributed by atoms with Gasteiger partial charge >= 0.3 is 0 Å². The van der Waals surface area contributed by atoms with Crippen molar-refractivity contribution in [2.45, 2.75) is 37.3 Å². The van der Waals surface area contributed by atoms with E-state index >= 15 is 0 Å². The lowest BCUT2D eigenvalue weighted by Gasteiger charge is -2.58. The maximum absolute atomic E-state index is 12.7. The molecule has 0 spiro atoms. The van der Waals surface area contributed by atoms with E-state index in [9.17, 15) is 14.7 Å². The highest BCUT2D eigenvalue weighted by Crippen LogP contribution is 2.43. The van der Waals surface area contributed by atoms with Crippen LogP contribution in [-0.4, -0.2) is 58.5 Å². The van der Waals surface area contributed by atoms with E-state index in [1.54, 1.807) is 9.80 Å². The van der Waals surface area contributed by atoms with Crippen molar-refractivity contribution in [3.63, 3.8) is 0 Å². The number of amides is 2. The Labute approximate surface area is 182 Å². The zero-order valence-corrected chi connectivity index (χ0v) is 17.4. The van der Waals surface area contributed by atoms with Crippen LogP contribution in [0, 0.1) is 17.8 Å². The minimum Gasteiger partial charge on any atom is -0.394 e. The van der Waals surface area contributed by atoms with Crippen LogP contribution in [0.5, 0.6) is 0 Å². The van der Waals surface area contributed by atoms with Gasteiger partial charge < -0.3 is 14.9 Å². The summed E-state index contributed by atoms with van der Waals surface area (Å²) in [5.74, 6) is 6.91. The first kappa shape index (κ1) is 19.8. The van der Waals surface area contributed by atoms with Crippen molar-refractivity contribution in [2.75, 3.05) is 19.7 Å². The Kier molecular flexibility index (Phi) is 5.25. The van der Waals surface area contributed by atoms with Crippen LogP contribution in [0.25, 0.3) is 0 Å². The summed E-state index contributed by atoms with van der Waals surface area (Å²) in [5, 5.41) is 9.94. The highest BCUT2D eigenvalue weighted by atomic mass is 16.3. The van der Waals surface area contributed by atoms with Gasteiger partial charge in [0.2, 0.25) is 11.8 Å². The normalized spacial score (nSPS) is 24.7. The first-order valence-electron chi connectivity index (χ1n) is 11.0. The maximum Gasteiger partial charge on any atom is 0.242 e. The molecule has 1 saturated carbocycles. The topological polar surface area (TPSA) is 60.9 Å². The summed E-state index contributed by atoms with van der Waals surface area (Å²) in [6.07, 6.45) is 2.80. The number of carbonyl (C=O) groups excluding carboxylic acids is 2. The molecule has 2 amide bonds. The zero-order chi connectivity index (χ0) is 21.4. The molecular formula is C26H26N2O3. The molecule has 2 saturated heterocycles. The maximum atomic E-state index is 12.7. The number of benzene rings is 2. The first-order chi connectivity index (χ1) is 15.1. The molecule has 0 aromatic heterocycles. The zero-order valence-electron chi connectivity index (χ0n) is 17.4. The molecule has 5 rings (SSSR count). The monoisotopic (exact) mass is 414 g/mol. The summed E-state index contributed by atoms with van der Waals surface area (Å²) in [5.41, 5.74) is 2.97. The van der Waals surface area contributed by atoms with Crippen LogP contribution < -0.4 is 0 Å². The number of nitrogens with zero attached hydrogens (tertiary/aromatic N) is 2. The number of hydrogen-bond acceptors (Lipinski definition) is 3. The second kappa shape index (κ2) is 8.20. The summed E-state index contributed by atoms with van der Waals surface area (Å²) >= 11 is 0. The van der Waals surface area contributed by atoms with Gasteiger partial charge in [0.25, 0.3) is 0 Å². The molecule has 1 aliphatic carbocycles. The number of carbonyl (C=O) groups is 2. The van der Waals surface area contributed by atoms with E-state index in [1.807, 2.05) is 54.6 Å². The van der Waals surface area contributed by atoms with Crippen LogP contribution in [0.1, 0.15) is 41.9 Å². The molecule has 3 fully saturated rings. The third-order valence-electron chi connectivity index (χ3n) is 6.69. The predicted octanol–water partition coefficient (Wildman–Crippen LogP) is 2.38. The molecule has 158 valence electrons. The van der Waals surface area contributed by atoms with Crippen LogP contribution in [0.3, 0.4) is 0 Å². The van der Waals surface area contributed by atoms with Crippen molar-refractivity contribution >= 4 is 11.8 Å². The number of aliphatic hydroxyl groups excluding tert-OH is 1. The fourth-order valence-corrected chi connectivity index (χ4v) is 4.84. The Morgan fingerprint density at radius 1 is 1.00 bits per heavy atom. The number of fused-ring (bicyclic) bond motifs is 1.